The van der Waals surface area contributed by atoms with Gasteiger partial charge in [-0.3, -0.25) is 4.79 Å². The van der Waals surface area contributed by atoms with Crippen molar-refractivity contribution in [3.8, 4) is 6.07 Å². The second kappa shape index (κ2) is 6.07. The first-order valence-electron chi connectivity index (χ1n) is 5.71. The van der Waals surface area contributed by atoms with Gasteiger partial charge in [0.05, 0.1) is 24.3 Å². The zero-order valence-electron chi connectivity index (χ0n) is 10.0. The molecule has 1 amide bonds. The van der Waals surface area contributed by atoms with E-state index in [1.54, 1.807) is 0 Å². The first-order chi connectivity index (χ1) is 9.24. The Morgan fingerprint density at radius 3 is 2.63 bits per heavy atom. The van der Waals surface area contributed by atoms with Crippen LogP contribution in [0.1, 0.15) is 16.8 Å². The zero-order valence-corrected chi connectivity index (χ0v) is 10.8. The molecule has 0 aliphatic heterocycles. The van der Waals surface area contributed by atoms with Crippen LogP contribution in [-0.4, -0.2) is 12.5 Å². The molecule has 5 heteroatoms. The number of hydrogen-bond donors (Lipinski definition) is 0. The first-order valence-corrected chi connectivity index (χ1v) is 6.08. The van der Waals surface area contributed by atoms with Crippen molar-refractivity contribution in [2.24, 2.45) is 0 Å². The fourth-order valence-electron chi connectivity index (χ4n) is 1.71. The summed E-state index contributed by atoms with van der Waals surface area (Å²) in [7, 11) is 0. The van der Waals surface area contributed by atoms with Crippen molar-refractivity contribution < 1.29 is 9.21 Å². The van der Waals surface area contributed by atoms with Crippen LogP contribution in [0.3, 0.4) is 0 Å². The van der Waals surface area contributed by atoms with Crippen molar-refractivity contribution in [3.05, 3.63) is 53.4 Å². The van der Waals surface area contributed by atoms with Crippen LogP contribution in [-0.2, 0) is 0 Å². The number of nitrogens with zero attached hydrogens (tertiary/aromatic N) is 2. The number of hydrogen-bond acceptors (Lipinski definition) is 3. The number of halogens is 1. The summed E-state index contributed by atoms with van der Waals surface area (Å²) < 4.78 is 4.93. The van der Waals surface area contributed by atoms with Gasteiger partial charge in [-0.05, 0) is 29.8 Å². The van der Waals surface area contributed by atoms with E-state index in [0.717, 1.165) is 5.69 Å². The molecular weight excluding hydrogens is 264 g/mol. The highest BCUT2D eigenvalue weighted by Crippen LogP contribution is 2.22. The molecule has 2 rings (SSSR count). The van der Waals surface area contributed by atoms with E-state index in [2.05, 4.69) is 0 Å². The van der Waals surface area contributed by atoms with Crippen LogP contribution in [0.2, 0.25) is 5.22 Å². The Morgan fingerprint density at radius 1 is 1.32 bits per heavy atom. The summed E-state index contributed by atoms with van der Waals surface area (Å²) in [5.41, 5.74) is 1.02. The number of para-hydroxylation sites is 1. The summed E-state index contributed by atoms with van der Waals surface area (Å²) in [4.78, 5) is 13.9. The number of furan rings is 1. The summed E-state index contributed by atoms with van der Waals surface area (Å²) >= 11 is 5.82. The van der Waals surface area contributed by atoms with E-state index in [-0.39, 0.29) is 17.5 Å². The molecule has 96 valence electrons. The Bertz CT molecular complexity index is 601. The fraction of sp³-hybridized carbons (Fsp3) is 0.143. The maximum Gasteiger partial charge on any atom is 0.263 e. The zero-order chi connectivity index (χ0) is 13.7. The van der Waals surface area contributed by atoms with Gasteiger partial charge in [0.15, 0.2) is 0 Å². The summed E-state index contributed by atoms with van der Waals surface area (Å²) in [6, 6.07) is 12.7. The molecule has 0 bridgehead atoms. The Morgan fingerprint density at radius 2 is 2.05 bits per heavy atom. The molecule has 1 heterocycles. The van der Waals surface area contributed by atoms with Crippen molar-refractivity contribution in [2.75, 3.05) is 11.4 Å². The monoisotopic (exact) mass is 274 g/mol. The molecule has 0 saturated heterocycles. The summed E-state index contributed by atoms with van der Waals surface area (Å²) in [5.74, 6) is -0.278. The maximum atomic E-state index is 12.4. The highest BCUT2D eigenvalue weighted by molar-refractivity contribution is 6.32. The Balaban J connectivity index is 2.31. The van der Waals surface area contributed by atoms with Crippen LogP contribution < -0.4 is 4.90 Å². The third-order valence-corrected chi connectivity index (χ3v) is 2.90. The van der Waals surface area contributed by atoms with Gasteiger partial charge >= 0.3 is 0 Å². The predicted octanol–water partition coefficient (Wildman–Crippen LogP) is 3.49. The molecule has 0 N–H and O–H groups in total. The van der Waals surface area contributed by atoms with Gasteiger partial charge in [-0.25, -0.2) is 0 Å². The molecule has 0 fully saturated rings. The second-order valence-corrected chi connectivity index (χ2v) is 4.15. The number of anilines is 1. The van der Waals surface area contributed by atoms with Gasteiger partial charge in [-0.2, -0.15) is 5.26 Å². The Kier molecular flexibility index (Phi) is 4.22. The lowest BCUT2D eigenvalue weighted by molar-refractivity contribution is 0.0987. The largest absolute Gasteiger partial charge is 0.452 e. The lowest BCUT2D eigenvalue weighted by atomic mass is 10.2. The minimum atomic E-state index is -0.278. The van der Waals surface area contributed by atoms with Crippen molar-refractivity contribution in [3.63, 3.8) is 0 Å². The third kappa shape index (κ3) is 2.95. The topological polar surface area (TPSA) is 57.2 Å². The van der Waals surface area contributed by atoms with Gasteiger partial charge in [0.1, 0.15) is 0 Å². The minimum absolute atomic E-state index is 0.0582. The van der Waals surface area contributed by atoms with Crippen LogP contribution in [0.4, 0.5) is 5.69 Å². The van der Waals surface area contributed by atoms with E-state index in [1.165, 1.54) is 17.2 Å². The third-order valence-electron chi connectivity index (χ3n) is 2.61. The van der Waals surface area contributed by atoms with Crippen molar-refractivity contribution in [2.45, 2.75) is 6.42 Å². The Labute approximate surface area is 115 Å². The average Bonchev–Trinajstić information content (AvgIpc) is 2.86. The minimum Gasteiger partial charge on any atom is -0.452 e. The molecule has 0 radical (unpaired) electrons. The van der Waals surface area contributed by atoms with Crippen LogP contribution in [0.15, 0.2) is 47.1 Å². The highest BCUT2D eigenvalue weighted by Gasteiger charge is 2.21. The fourth-order valence-corrected chi connectivity index (χ4v) is 1.90. The highest BCUT2D eigenvalue weighted by atomic mass is 35.5. The number of rotatable bonds is 4. The SMILES string of the molecule is N#CCCN(C(=O)c1ccoc1Cl)c1ccccc1. The van der Waals surface area contributed by atoms with Gasteiger partial charge in [-0.15, -0.1) is 0 Å². The molecule has 1 aromatic heterocycles. The van der Waals surface area contributed by atoms with Crippen molar-refractivity contribution in [1.29, 1.82) is 5.26 Å². The maximum absolute atomic E-state index is 12.4. The van der Waals surface area contributed by atoms with Crippen LogP contribution in [0.25, 0.3) is 0 Å². The molecule has 0 unspecified atom stereocenters. The molecule has 4 nitrogen and oxygen atoms in total. The van der Waals surface area contributed by atoms with Crippen LogP contribution in [0.5, 0.6) is 0 Å². The molecular formula is C14H11ClN2O2. The predicted molar refractivity (Wildman–Crippen MR) is 72.1 cm³/mol. The lowest BCUT2D eigenvalue weighted by Gasteiger charge is -2.21. The second-order valence-electron chi connectivity index (χ2n) is 3.81. The smallest absolute Gasteiger partial charge is 0.263 e. The van der Waals surface area contributed by atoms with E-state index >= 15 is 0 Å². The normalized spacial score (nSPS) is 9.89. The van der Waals surface area contributed by atoms with Gasteiger partial charge in [0, 0.05) is 12.2 Å². The Hall–Kier alpha value is -2.25. The van der Waals surface area contributed by atoms with Gasteiger partial charge in [0.25, 0.3) is 5.91 Å². The van der Waals surface area contributed by atoms with E-state index in [4.69, 9.17) is 21.3 Å². The van der Waals surface area contributed by atoms with Gasteiger partial charge < -0.3 is 9.32 Å². The summed E-state index contributed by atoms with van der Waals surface area (Å²) in [6.07, 6.45) is 1.61. The summed E-state index contributed by atoms with van der Waals surface area (Å²) in [6.45, 7) is 0.306. The standard InChI is InChI=1S/C14H11ClN2O2/c15-13-12(7-10-19-13)14(18)17(9-4-8-16)11-5-2-1-3-6-11/h1-3,5-7,10H,4,9H2. The van der Waals surface area contributed by atoms with E-state index < -0.39 is 0 Å². The van der Waals surface area contributed by atoms with Crippen LogP contribution in [0, 0.1) is 11.3 Å². The molecule has 2 aromatic rings. The van der Waals surface area contributed by atoms with E-state index in [9.17, 15) is 4.79 Å². The summed E-state index contributed by atoms with van der Waals surface area (Å²) in [5, 5.41) is 8.75. The quantitative estimate of drug-likeness (QED) is 0.857. The molecule has 1 aromatic carbocycles. The van der Waals surface area contributed by atoms with Gasteiger partial charge in [0.2, 0.25) is 5.22 Å². The van der Waals surface area contributed by atoms with Gasteiger partial charge in [-0.1, -0.05) is 18.2 Å². The molecule has 0 spiro atoms. The molecule has 0 atom stereocenters. The van der Waals surface area contributed by atoms with E-state index in [0.29, 0.717) is 12.1 Å². The molecule has 19 heavy (non-hydrogen) atoms. The van der Waals surface area contributed by atoms with Crippen molar-refractivity contribution in [1.82, 2.24) is 0 Å². The molecule has 0 aliphatic rings. The number of benzene rings is 1. The molecule has 0 saturated carbocycles. The first kappa shape index (κ1) is 13.2. The average molecular weight is 275 g/mol. The number of amides is 1. The molecule has 0 aliphatic carbocycles. The van der Waals surface area contributed by atoms with Crippen LogP contribution >= 0.6 is 11.6 Å². The number of carbonyl (C=O) groups excluding carboxylic acids is 1. The number of nitriles is 1. The van der Waals surface area contributed by atoms with E-state index in [1.807, 2.05) is 36.4 Å². The number of carbonyl (C=O) groups is 1. The lowest BCUT2D eigenvalue weighted by Crippen LogP contribution is -2.31. The van der Waals surface area contributed by atoms with Crippen molar-refractivity contribution >= 4 is 23.2 Å².